The van der Waals surface area contributed by atoms with Crippen LogP contribution in [0.4, 0.5) is 11.6 Å². The van der Waals surface area contributed by atoms with Crippen LogP contribution in [0.1, 0.15) is 37.1 Å². The van der Waals surface area contributed by atoms with Crippen molar-refractivity contribution in [2.45, 2.75) is 43.6 Å². The van der Waals surface area contributed by atoms with Gasteiger partial charge in [-0.1, -0.05) is 36.4 Å². The maximum absolute atomic E-state index is 12.1. The summed E-state index contributed by atoms with van der Waals surface area (Å²) in [7, 11) is -2.07. The van der Waals surface area contributed by atoms with E-state index in [9.17, 15) is 8.42 Å². The summed E-state index contributed by atoms with van der Waals surface area (Å²) >= 11 is 4.28. The second kappa shape index (κ2) is 11.8. The lowest BCUT2D eigenvalue weighted by Gasteiger charge is -2.37. The molecule has 0 atom stereocenters. The summed E-state index contributed by atoms with van der Waals surface area (Å²) in [6.07, 6.45) is 5.19. The van der Waals surface area contributed by atoms with Gasteiger partial charge in [0.15, 0.2) is 0 Å². The molecule has 1 N–H and O–H groups in total. The van der Waals surface area contributed by atoms with Crippen molar-refractivity contribution in [1.29, 1.82) is 0 Å². The minimum Gasteiger partial charge on any atom is -0.480 e. The molecule has 0 saturated carbocycles. The Bertz CT molecular complexity index is 1480. The van der Waals surface area contributed by atoms with E-state index in [-0.39, 0.29) is 11.6 Å². The van der Waals surface area contributed by atoms with Crippen molar-refractivity contribution < 1.29 is 17.9 Å². The summed E-state index contributed by atoms with van der Waals surface area (Å²) in [5, 5.41) is 0. The molecule has 10 nitrogen and oxygen atoms in total. The number of thiophene rings is 1. The Balaban J connectivity index is 1.57. The van der Waals surface area contributed by atoms with E-state index < -0.39 is 10.0 Å². The third-order valence-corrected chi connectivity index (χ3v) is 10.3. The zero-order valence-electron chi connectivity index (χ0n) is 23.7. The number of likely N-dealkylation sites (tertiary alicyclic amines) is 1. The number of ether oxygens (including phenoxy) is 2. The van der Waals surface area contributed by atoms with Crippen molar-refractivity contribution in [3.63, 3.8) is 0 Å². The van der Waals surface area contributed by atoms with Crippen LogP contribution in [0.2, 0.25) is 0 Å². The first-order valence-electron chi connectivity index (χ1n) is 13.5. The van der Waals surface area contributed by atoms with Gasteiger partial charge in [-0.3, -0.25) is 9.62 Å². The molecular formula is C27H37IN6O4S2. The number of piperidine rings is 1. The van der Waals surface area contributed by atoms with Crippen LogP contribution >= 0.6 is 33.9 Å². The lowest BCUT2D eigenvalue weighted by molar-refractivity contribution is 0.122. The zero-order valence-corrected chi connectivity index (χ0v) is 27.5. The van der Waals surface area contributed by atoms with Crippen LogP contribution in [0.3, 0.4) is 0 Å². The molecule has 0 bridgehead atoms. The highest BCUT2D eigenvalue weighted by Gasteiger charge is 2.31. The van der Waals surface area contributed by atoms with Crippen LogP contribution in [-0.2, 0) is 21.3 Å². The van der Waals surface area contributed by atoms with Gasteiger partial charge in [-0.05, 0) is 44.8 Å². The minimum absolute atomic E-state index is 0.203. The van der Waals surface area contributed by atoms with Gasteiger partial charge in [0, 0.05) is 45.3 Å². The SMILES string of the molecule is COc1ncc(-c2nc(N3CCOCC3)nc3c(CN4CCC(C(C)(C)I)CC4)c(C)sc23)cc1NS(C)(=O)=O. The van der Waals surface area contributed by atoms with E-state index in [4.69, 9.17) is 19.4 Å². The van der Waals surface area contributed by atoms with Gasteiger partial charge in [0.2, 0.25) is 21.9 Å². The number of hydrogen-bond donors (Lipinski definition) is 1. The monoisotopic (exact) mass is 700 g/mol. The topological polar surface area (TPSA) is 110 Å². The number of halogens is 1. The van der Waals surface area contributed by atoms with E-state index in [1.165, 1.54) is 30.4 Å². The van der Waals surface area contributed by atoms with Gasteiger partial charge in [0.25, 0.3) is 0 Å². The highest BCUT2D eigenvalue weighted by Crippen LogP contribution is 2.41. The van der Waals surface area contributed by atoms with Crippen molar-refractivity contribution in [3.8, 4) is 17.1 Å². The first kappa shape index (κ1) is 29.7. The standard InChI is InChI=1S/C27H37IN6O4S2/c1-17-20(16-33-8-6-19(7-9-33)27(2,3)28)23-24(39-17)22(30-26(31-23)34-10-12-38-13-11-34)18-14-21(32-40(5,35)36)25(37-4)29-15-18/h14-15,19,32H,6-13,16H2,1-5H3. The summed E-state index contributed by atoms with van der Waals surface area (Å²) in [5.74, 6) is 1.58. The van der Waals surface area contributed by atoms with Gasteiger partial charge in [-0.15, -0.1) is 11.3 Å². The highest BCUT2D eigenvalue weighted by molar-refractivity contribution is 14.1. The fraction of sp³-hybridized carbons (Fsp3) is 0.593. The molecule has 2 aliphatic rings. The molecule has 3 aromatic heterocycles. The van der Waals surface area contributed by atoms with Crippen molar-refractivity contribution in [2.75, 3.05) is 62.4 Å². The predicted molar refractivity (Wildman–Crippen MR) is 170 cm³/mol. The Kier molecular flexibility index (Phi) is 8.77. The number of nitrogens with one attached hydrogen (secondary N) is 1. The van der Waals surface area contributed by atoms with Crippen LogP contribution < -0.4 is 14.4 Å². The fourth-order valence-corrected chi connectivity index (χ4v) is 7.71. The van der Waals surface area contributed by atoms with Gasteiger partial charge >= 0.3 is 0 Å². The molecule has 5 heterocycles. The van der Waals surface area contributed by atoms with Gasteiger partial charge in [0.1, 0.15) is 5.69 Å². The molecule has 2 fully saturated rings. The molecule has 40 heavy (non-hydrogen) atoms. The molecule has 0 unspecified atom stereocenters. The van der Waals surface area contributed by atoms with Crippen LogP contribution in [0.5, 0.6) is 5.88 Å². The second-order valence-electron chi connectivity index (χ2n) is 11.1. The molecule has 218 valence electrons. The van der Waals surface area contributed by atoms with Gasteiger partial charge in [-0.25, -0.2) is 23.4 Å². The third kappa shape index (κ3) is 6.63. The predicted octanol–water partition coefficient (Wildman–Crippen LogP) is 4.70. The summed E-state index contributed by atoms with van der Waals surface area (Å²) in [6, 6.07) is 1.74. The zero-order chi connectivity index (χ0) is 28.7. The smallest absolute Gasteiger partial charge is 0.238 e. The highest BCUT2D eigenvalue weighted by atomic mass is 127. The number of hydrogen-bond acceptors (Lipinski definition) is 10. The van der Waals surface area contributed by atoms with Crippen molar-refractivity contribution in [1.82, 2.24) is 19.9 Å². The molecule has 0 aliphatic carbocycles. The largest absolute Gasteiger partial charge is 0.480 e. The molecular weight excluding hydrogens is 663 g/mol. The van der Waals surface area contributed by atoms with E-state index in [1.54, 1.807) is 23.6 Å². The number of nitrogens with zero attached hydrogens (tertiary/aromatic N) is 5. The number of methoxy groups -OCH3 is 1. The lowest BCUT2D eigenvalue weighted by atomic mass is 9.86. The van der Waals surface area contributed by atoms with Gasteiger partial charge < -0.3 is 14.4 Å². The average molecular weight is 701 g/mol. The molecule has 0 aromatic carbocycles. The summed E-state index contributed by atoms with van der Waals surface area (Å²) in [4.78, 5) is 20.5. The third-order valence-electron chi connectivity index (χ3n) is 7.67. The van der Waals surface area contributed by atoms with E-state index in [1.807, 2.05) is 0 Å². The Hall–Kier alpha value is -1.81. The Labute approximate surface area is 254 Å². The average Bonchev–Trinajstić information content (AvgIpc) is 3.22. The Morgan fingerprint density at radius 3 is 2.52 bits per heavy atom. The lowest BCUT2D eigenvalue weighted by Crippen LogP contribution is -2.39. The summed E-state index contributed by atoms with van der Waals surface area (Å²) < 4.78 is 38.8. The van der Waals surface area contributed by atoms with Crippen molar-refractivity contribution >= 4 is 65.8 Å². The molecule has 0 spiro atoms. The van der Waals surface area contributed by atoms with E-state index in [0.29, 0.717) is 41.2 Å². The van der Waals surface area contributed by atoms with Crippen LogP contribution in [0.25, 0.3) is 21.5 Å². The second-order valence-corrected chi connectivity index (χ2v) is 16.8. The van der Waals surface area contributed by atoms with Gasteiger partial charge in [-0.2, -0.15) is 0 Å². The number of rotatable bonds is 8. The van der Waals surface area contributed by atoms with E-state index in [2.05, 4.69) is 62.9 Å². The maximum Gasteiger partial charge on any atom is 0.238 e. The number of fused-ring (bicyclic) bond motifs is 1. The molecule has 3 aromatic rings. The number of aryl methyl sites for hydroxylation is 1. The fourth-order valence-electron chi connectivity index (χ4n) is 5.43. The minimum atomic E-state index is -3.54. The number of anilines is 2. The Morgan fingerprint density at radius 1 is 1.20 bits per heavy atom. The van der Waals surface area contributed by atoms with Crippen LogP contribution in [-0.4, -0.2) is 84.4 Å². The number of morpholine rings is 1. The molecule has 2 saturated heterocycles. The number of sulfonamides is 1. The molecule has 5 rings (SSSR count). The van der Waals surface area contributed by atoms with E-state index in [0.717, 1.165) is 47.7 Å². The summed E-state index contributed by atoms with van der Waals surface area (Å²) in [6.45, 7) is 12.5. The molecule has 0 amide bonds. The van der Waals surface area contributed by atoms with E-state index >= 15 is 0 Å². The van der Waals surface area contributed by atoms with Crippen LogP contribution in [0.15, 0.2) is 12.3 Å². The number of pyridine rings is 1. The number of alkyl halides is 1. The first-order valence-corrected chi connectivity index (χ1v) is 17.3. The molecule has 2 aliphatic heterocycles. The maximum atomic E-state index is 12.1. The Morgan fingerprint density at radius 2 is 1.90 bits per heavy atom. The number of aromatic nitrogens is 3. The van der Waals surface area contributed by atoms with Crippen LogP contribution in [0, 0.1) is 12.8 Å². The summed E-state index contributed by atoms with van der Waals surface area (Å²) in [5.41, 5.74) is 3.91. The quantitative estimate of drug-likeness (QED) is 0.264. The first-order chi connectivity index (χ1) is 18.9. The normalized spacial score (nSPS) is 17.9. The van der Waals surface area contributed by atoms with Gasteiger partial charge in [0.05, 0.1) is 42.5 Å². The molecule has 13 heteroatoms. The van der Waals surface area contributed by atoms with Crippen molar-refractivity contribution in [2.24, 2.45) is 5.92 Å². The van der Waals surface area contributed by atoms with Crippen molar-refractivity contribution in [3.05, 3.63) is 22.7 Å². The molecule has 0 radical (unpaired) electrons.